The zero-order valence-corrected chi connectivity index (χ0v) is 11.1. The Morgan fingerprint density at radius 2 is 2.18 bits per heavy atom. The molecule has 0 fully saturated rings. The lowest BCUT2D eigenvalue weighted by Gasteiger charge is -2.19. The van der Waals surface area contributed by atoms with Crippen molar-refractivity contribution in [1.82, 2.24) is 15.0 Å². The molecule has 0 aromatic carbocycles. The molecule has 0 bridgehead atoms. The summed E-state index contributed by atoms with van der Waals surface area (Å²) in [5.74, 6) is 0.637. The van der Waals surface area contributed by atoms with Crippen molar-refractivity contribution in [2.24, 2.45) is 0 Å². The van der Waals surface area contributed by atoms with Crippen molar-refractivity contribution in [3.05, 3.63) is 27.6 Å². The van der Waals surface area contributed by atoms with Crippen LogP contribution in [0.3, 0.4) is 0 Å². The highest BCUT2D eigenvalue weighted by Gasteiger charge is 2.12. The molecule has 2 aromatic rings. The molecule has 0 spiro atoms. The molecule has 0 saturated heterocycles. The van der Waals surface area contributed by atoms with Gasteiger partial charge in [-0.3, -0.25) is 0 Å². The summed E-state index contributed by atoms with van der Waals surface area (Å²) in [6.45, 7) is 2.68. The molecule has 0 atom stereocenters. The van der Waals surface area contributed by atoms with E-state index in [0.717, 1.165) is 5.69 Å². The summed E-state index contributed by atoms with van der Waals surface area (Å²) in [4.78, 5) is 15.3. The summed E-state index contributed by atoms with van der Waals surface area (Å²) in [6, 6.07) is 0. The molecular weight excluding hydrogens is 258 g/mol. The molecule has 0 aliphatic carbocycles. The first kappa shape index (κ1) is 12.1. The van der Waals surface area contributed by atoms with E-state index in [9.17, 15) is 0 Å². The predicted octanol–water partition coefficient (Wildman–Crippen LogP) is 2.11. The first-order valence-electron chi connectivity index (χ1n) is 4.95. The Morgan fingerprint density at radius 3 is 2.82 bits per heavy atom. The van der Waals surface area contributed by atoms with Crippen molar-refractivity contribution in [2.45, 2.75) is 13.5 Å². The van der Waals surface area contributed by atoms with Crippen LogP contribution in [0.4, 0.5) is 11.5 Å². The number of nitrogens with two attached hydrogens (primary N) is 1. The molecule has 2 heterocycles. The maximum absolute atomic E-state index is 5.86. The first-order chi connectivity index (χ1) is 8.09. The standard InChI is InChI=1S/C10H12ClN5S/c1-6-7(17-5-15-6)3-16(2)10-8(12)9(11)13-4-14-10/h4-5H,3,12H2,1-2H3. The summed E-state index contributed by atoms with van der Waals surface area (Å²) in [5.41, 5.74) is 9.10. The predicted molar refractivity (Wildman–Crippen MR) is 70.4 cm³/mol. The van der Waals surface area contributed by atoms with Crippen LogP contribution in [-0.2, 0) is 6.54 Å². The van der Waals surface area contributed by atoms with Gasteiger partial charge in [0.2, 0.25) is 0 Å². The highest BCUT2D eigenvalue weighted by Crippen LogP contribution is 2.26. The lowest BCUT2D eigenvalue weighted by molar-refractivity contribution is 0.897. The largest absolute Gasteiger partial charge is 0.393 e. The van der Waals surface area contributed by atoms with Gasteiger partial charge in [-0.2, -0.15) is 0 Å². The molecule has 2 rings (SSSR count). The minimum absolute atomic E-state index is 0.280. The van der Waals surface area contributed by atoms with E-state index in [2.05, 4.69) is 15.0 Å². The summed E-state index contributed by atoms with van der Waals surface area (Å²) >= 11 is 7.47. The van der Waals surface area contributed by atoms with Gasteiger partial charge in [0, 0.05) is 11.9 Å². The third-order valence-corrected chi connectivity index (χ3v) is 3.62. The fourth-order valence-corrected chi connectivity index (χ4v) is 2.40. The van der Waals surface area contributed by atoms with E-state index in [1.165, 1.54) is 11.2 Å². The van der Waals surface area contributed by atoms with Gasteiger partial charge in [0.1, 0.15) is 12.0 Å². The normalized spacial score (nSPS) is 10.5. The zero-order chi connectivity index (χ0) is 12.4. The number of nitrogen functional groups attached to an aromatic ring is 1. The van der Waals surface area contributed by atoms with Crippen LogP contribution in [0.1, 0.15) is 10.6 Å². The second-order valence-corrected chi connectivity index (χ2v) is 4.92. The Balaban J connectivity index is 2.23. The molecule has 17 heavy (non-hydrogen) atoms. The number of aromatic nitrogens is 3. The SMILES string of the molecule is Cc1ncsc1CN(C)c1ncnc(Cl)c1N. The lowest BCUT2D eigenvalue weighted by Crippen LogP contribution is -2.19. The molecule has 2 aromatic heterocycles. The molecule has 0 radical (unpaired) electrons. The number of thiazole rings is 1. The van der Waals surface area contributed by atoms with E-state index < -0.39 is 0 Å². The van der Waals surface area contributed by atoms with Gasteiger partial charge >= 0.3 is 0 Å². The van der Waals surface area contributed by atoms with Gasteiger partial charge in [0.05, 0.1) is 17.7 Å². The maximum atomic E-state index is 5.86. The fourth-order valence-electron chi connectivity index (χ4n) is 1.44. The minimum Gasteiger partial charge on any atom is -0.393 e. The van der Waals surface area contributed by atoms with Crippen LogP contribution in [0.2, 0.25) is 5.15 Å². The zero-order valence-electron chi connectivity index (χ0n) is 9.51. The number of rotatable bonds is 3. The Bertz CT molecular complexity index is 527. The number of anilines is 2. The molecule has 5 nitrogen and oxygen atoms in total. The van der Waals surface area contributed by atoms with Crippen molar-refractivity contribution < 1.29 is 0 Å². The van der Waals surface area contributed by atoms with E-state index in [-0.39, 0.29) is 5.15 Å². The monoisotopic (exact) mass is 269 g/mol. The van der Waals surface area contributed by atoms with Gasteiger partial charge in [-0.05, 0) is 6.92 Å². The van der Waals surface area contributed by atoms with Crippen molar-refractivity contribution in [3.63, 3.8) is 0 Å². The highest BCUT2D eigenvalue weighted by molar-refractivity contribution is 7.09. The van der Waals surface area contributed by atoms with Crippen LogP contribution in [0.5, 0.6) is 0 Å². The molecule has 2 N–H and O–H groups in total. The van der Waals surface area contributed by atoms with Crippen LogP contribution < -0.4 is 10.6 Å². The van der Waals surface area contributed by atoms with Crippen LogP contribution >= 0.6 is 22.9 Å². The number of nitrogens with zero attached hydrogens (tertiary/aromatic N) is 4. The Labute approximate surface area is 108 Å². The molecule has 0 unspecified atom stereocenters. The van der Waals surface area contributed by atoms with Crippen LogP contribution in [-0.4, -0.2) is 22.0 Å². The van der Waals surface area contributed by atoms with Crippen LogP contribution in [0.25, 0.3) is 0 Å². The minimum atomic E-state index is 0.280. The van der Waals surface area contributed by atoms with Crippen molar-refractivity contribution in [3.8, 4) is 0 Å². The van der Waals surface area contributed by atoms with Crippen molar-refractivity contribution in [2.75, 3.05) is 17.7 Å². The highest BCUT2D eigenvalue weighted by atomic mass is 35.5. The molecule has 0 amide bonds. The van der Waals surface area contributed by atoms with E-state index >= 15 is 0 Å². The van der Waals surface area contributed by atoms with E-state index in [1.807, 2.05) is 24.4 Å². The Kier molecular flexibility index (Phi) is 3.44. The fraction of sp³-hybridized carbons (Fsp3) is 0.300. The van der Waals surface area contributed by atoms with Crippen LogP contribution in [0, 0.1) is 6.92 Å². The smallest absolute Gasteiger partial charge is 0.157 e. The van der Waals surface area contributed by atoms with Gasteiger partial charge in [-0.15, -0.1) is 11.3 Å². The lowest BCUT2D eigenvalue weighted by atomic mass is 10.3. The summed E-state index contributed by atoms with van der Waals surface area (Å²) in [7, 11) is 1.91. The van der Waals surface area contributed by atoms with Crippen molar-refractivity contribution >= 4 is 34.4 Å². The van der Waals surface area contributed by atoms with E-state index in [0.29, 0.717) is 18.1 Å². The van der Waals surface area contributed by atoms with Gasteiger partial charge in [0.15, 0.2) is 11.0 Å². The van der Waals surface area contributed by atoms with Crippen molar-refractivity contribution in [1.29, 1.82) is 0 Å². The molecule has 90 valence electrons. The maximum Gasteiger partial charge on any atom is 0.157 e. The summed E-state index contributed by atoms with van der Waals surface area (Å²) < 4.78 is 0. The van der Waals surface area contributed by atoms with E-state index in [1.54, 1.807) is 11.3 Å². The second-order valence-electron chi connectivity index (χ2n) is 3.62. The van der Waals surface area contributed by atoms with Crippen LogP contribution in [0.15, 0.2) is 11.8 Å². The number of hydrogen-bond acceptors (Lipinski definition) is 6. The summed E-state index contributed by atoms with van der Waals surface area (Å²) in [6.07, 6.45) is 1.41. The second kappa shape index (κ2) is 4.85. The third kappa shape index (κ3) is 2.48. The average molecular weight is 270 g/mol. The van der Waals surface area contributed by atoms with E-state index in [4.69, 9.17) is 17.3 Å². The Hall–Kier alpha value is -1.40. The first-order valence-corrected chi connectivity index (χ1v) is 6.21. The number of halogens is 1. The third-order valence-electron chi connectivity index (χ3n) is 2.40. The van der Waals surface area contributed by atoms with Gasteiger partial charge in [-0.25, -0.2) is 15.0 Å². The molecule has 0 aliphatic rings. The van der Waals surface area contributed by atoms with Gasteiger partial charge in [-0.1, -0.05) is 11.6 Å². The van der Waals surface area contributed by atoms with Gasteiger partial charge < -0.3 is 10.6 Å². The molecule has 0 aliphatic heterocycles. The quantitative estimate of drug-likeness (QED) is 0.865. The Morgan fingerprint density at radius 1 is 1.41 bits per heavy atom. The number of aryl methyl sites for hydroxylation is 1. The molecule has 0 saturated carbocycles. The average Bonchev–Trinajstić information content (AvgIpc) is 2.68. The van der Waals surface area contributed by atoms with Gasteiger partial charge in [0.25, 0.3) is 0 Å². The topological polar surface area (TPSA) is 67.9 Å². The summed E-state index contributed by atoms with van der Waals surface area (Å²) in [5, 5.41) is 0.280. The molecular formula is C10H12ClN5S. The molecule has 7 heteroatoms. The number of hydrogen-bond donors (Lipinski definition) is 1.